The fraction of sp³-hybridized carbons (Fsp3) is 0.450. The zero-order chi connectivity index (χ0) is 19.7. The number of amidine groups is 1. The molecule has 0 N–H and O–H groups in total. The van der Waals surface area contributed by atoms with Crippen LogP contribution in [-0.2, 0) is 11.2 Å². The van der Waals surface area contributed by atoms with Gasteiger partial charge in [0.2, 0.25) is 5.91 Å². The number of halogens is 1. The molecule has 0 unspecified atom stereocenters. The number of aliphatic imine (C=N–C) groups is 2. The molecule has 0 aliphatic carbocycles. The molecule has 0 saturated carbocycles. The zero-order valence-corrected chi connectivity index (χ0v) is 16.9. The first kappa shape index (κ1) is 18.8. The molecule has 0 spiro atoms. The Morgan fingerprint density at radius 1 is 1.29 bits per heavy atom. The maximum absolute atomic E-state index is 12.7. The Kier molecular flexibility index (Phi) is 5.26. The Balaban J connectivity index is 1.34. The number of hydrogen-bond donors (Lipinski definition) is 0. The van der Waals surface area contributed by atoms with Gasteiger partial charge in [0, 0.05) is 37.3 Å². The second kappa shape index (κ2) is 7.83. The number of carbonyl (C=O) groups excluding carboxylic acids is 1. The van der Waals surface area contributed by atoms with E-state index < -0.39 is 0 Å². The summed E-state index contributed by atoms with van der Waals surface area (Å²) in [5.41, 5.74) is 0.822. The molecule has 1 aromatic carbocycles. The Morgan fingerprint density at radius 2 is 2.07 bits per heavy atom. The minimum atomic E-state index is 0.0907. The standard InChI is InChI=1S/C20H24ClN5O2/c1-14-12-22-19-11-18(23-13-26(14)19)24-5-7-25(8-6-24)20(27)9-15-3-4-16(28-2)10-17(15)21/h3-4,10-11,13-14H,5-9,12H2,1-2H3/t14-/m1/s1. The largest absolute Gasteiger partial charge is 0.497 e. The third-order valence-corrected chi connectivity index (χ3v) is 5.74. The highest BCUT2D eigenvalue weighted by Gasteiger charge is 2.28. The lowest BCUT2D eigenvalue weighted by Gasteiger charge is -2.37. The molecule has 3 aliphatic heterocycles. The van der Waals surface area contributed by atoms with Crippen molar-refractivity contribution in [1.82, 2.24) is 14.7 Å². The van der Waals surface area contributed by atoms with Gasteiger partial charge in [0.05, 0.1) is 32.5 Å². The number of fused-ring (bicyclic) bond motifs is 1. The van der Waals surface area contributed by atoms with Crippen molar-refractivity contribution in [3.63, 3.8) is 0 Å². The van der Waals surface area contributed by atoms with Crippen LogP contribution in [0.3, 0.4) is 0 Å². The number of rotatable bonds is 4. The first-order chi connectivity index (χ1) is 13.5. The normalized spacial score (nSPS) is 21.4. The van der Waals surface area contributed by atoms with Crippen LogP contribution in [0.15, 0.2) is 40.1 Å². The number of nitrogens with zero attached hydrogens (tertiary/aromatic N) is 5. The number of ether oxygens (including phenoxy) is 1. The van der Waals surface area contributed by atoms with Gasteiger partial charge >= 0.3 is 0 Å². The van der Waals surface area contributed by atoms with Crippen molar-refractivity contribution in [1.29, 1.82) is 0 Å². The molecule has 0 aromatic heterocycles. The monoisotopic (exact) mass is 401 g/mol. The van der Waals surface area contributed by atoms with Crippen molar-refractivity contribution < 1.29 is 9.53 Å². The number of methoxy groups -OCH3 is 1. The quantitative estimate of drug-likeness (QED) is 0.774. The highest BCUT2D eigenvalue weighted by atomic mass is 35.5. The lowest BCUT2D eigenvalue weighted by atomic mass is 10.1. The van der Waals surface area contributed by atoms with Crippen molar-refractivity contribution in [3.8, 4) is 5.75 Å². The van der Waals surface area contributed by atoms with Crippen LogP contribution in [-0.4, -0.2) is 78.7 Å². The van der Waals surface area contributed by atoms with E-state index >= 15 is 0 Å². The molecule has 148 valence electrons. The van der Waals surface area contributed by atoms with Crippen LogP contribution in [0, 0.1) is 0 Å². The summed E-state index contributed by atoms with van der Waals surface area (Å²) in [6, 6.07) is 5.80. The molecule has 7 nitrogen and oxygen atoms in total. The van der Waals surface area contributed by atoms with Gasteiger partial charge in [0.25, 0.3) is 0 Å². The summed E-state index contributed by atoms with van der Waals surface area (Å²) in [5, 5.41) is 0.559. The van der Waals surface area contributed by atoms with Crippen LogP contribution >= 0.6 is 11.6 Å². The van der Waals surface area contributed by atoms with E-state index in [2.05, 4.69) is 26.7 Å². The summed E-state index contributed by atoms with van der Waals surface area (Å²) in [6.07, 6.45) is 4.21. The topological polar surface area (TPSA) is 60.7 Å². The summed E-state index contributed by atoms with van der Waals surface area (Å²) in [7, 11) is 1.60. The smallest absolute Gasteiger partial charge is 0.227 e. The molecule has 3 aliphatic rings. The minimum Gasteiger partial charge on any atom is -0.497 e. The molecule has 8 heteroatoms. The van der Waals surface area contributed by atoms with E-state index in [9.17, 15) is 4.79 Å². The second-order valence-electron chi connectivity index (χ2n) is 7.20. The third kappa shape index (κ3) is 3.71. The van der Waals surface area contributed by atoms with Gasteiger partial charge in [-0.2, -0.15) is 0 Å². The van der Waals surface area contributed by atoms with Gasteiger partial charge in [-0.1, -0.05) is 17.7 Å². The van der Waals surface area contributed by atoms with Gasteiger partial charge in [-0.3, -0.25) is 9.79 Å². The predicted molar refractivity (Wildman–Crippen MR) is 110 cm³/mol. The fourth-order valence-electron chi connectivity index (χ4n) is 3.62. The molecule has 4 rings (SSSR count). The van der Waals surface area contributed by atoms with Crippen molar-refractivity contribution in [2.24, 2.45) is 9.98 Å². The highest BCUT2D eigenvalue weighted by Crippen LogP contribution is 2.24. The molecule has 1 aromatic rings. The number of amides is 1. The highest BCUT2D eigenvalue weighted by molar-refractivity contribution is 6.31. The van der Waals surface area contributed by atoms with Crippen LogP contribution in [0.1, 0.15) is 12.5 Å². The fourth-order valence-corrected chi connectivity index (χ4v) is 3.86. The van der Waals surface area contributed by atoms with Crippen molar-refractivity contribution in [2.75, 3.05) is 39.8 Å². The second-order valence-corrected chi connectivity index (χ2v) is 7.61. The van der Waals surface area contributed by atoms with E-state index in [1.165, 1.54) is 0 Å². The zero-order valence-electron chi connectivity index (χ0n) is 16.1. The molecule has 28 heavy (non-hydrogen) atoms. The molecular weight excluding hydrogens is 378 g/mol. The summed E-state index contributed by atoms with van der Waals surface area (Å²) in [4.78, 5) is 28.0. The molecule has 3 heterocycles. The predicted octanol–water partition coefficient (Wildman–Crippen LogP) is 2.02. The molecular formula is C20H24ClN5O2. The van der Waals surface area contributed by atoms with E-state index in [0.717, 1.165) is 36.9 Å². The molecule has 1 fully saturated rings. The van der Waals surface area contributed by atoms with E-state index in [4.69, 9.17) is 16.3 Å². The van der Waals surface area contributed by atoms with Gasteiger partial charge in [-0.05, 0) is 24.6 Å². The number of benzene rings is 1. The number of carbonyl (C=O) groups is 1. The maximum atomic E-state index is 12.7. The van der Waals surface area contributed by atoms with Crippen LogP contribution in [0.2, 0.25) is 5.02 Å². The number of hydrogen-bond acceptors (Lipinski definition) is 6. The molecule has 0 radical (unpaired) electrons. The SMILES string of the molecule is COc1ccc(CC(=O)N2CCN(C3=CC4=NC[C@@H](C)N4C=N3)CC2)c(Cl)c1. The van der Waals surface area contributed by atoms with Crippen LogP contribution in [0.25, 0.3) is 0 Å². The van der Waals surface area contributed by atoms with Gasteiger partial charge in [0.1, 0.15) is 17.4 Å². The van der Waals surface area contributed by atoms with E-state index in [-0.39, 0.29) is 5.91 Å². The van der Waals surface area contributed by atoms with Crippen molar-refractivity contribution in [3.05, 3.63) is 40.7 Å². The molecule has 0 bridgehead atoms. The first-order valence-corrected chi connectivity index (χ1v) is 9.87. The molecule has 1 atom stereocenters. The van der Waals surface area contributed by atoms with E-state index in [1.807, 2.05) is 29.4 Å². The van der Waals surface area contributed by atoms with Gasteiger partial charge < -0.3 is 19.4 Å². The van der Waals surface area contributed by atoms with Crippen LogP contribution < -0.4 is 4.74 Å². The Hall–Kier alpha value is -2.54. The third-order valence-electron chi connectivity index (χ3n) is 5.39. The van der Waals surface area contributed by atoms with Gasteiger partial charge in [0.15, 0.2) is 0 Å². The Morgan fingerprint density at radius 3 is 2.79 bits per heavy atom. The van der Waals surface area contributed by atoms with Gasteiger partial charge in [-0.25, -0.2) is 4.99 Å². The van der Waals surface area contributed by atoms with Gasteiger partial charge in [-0.15, -0.1) is 0 Å². The first-order valence-electron chi connectivity index (χ1n) is 9.49. The average molecular weight is 402 g/mol. The summed E-state index contributed by atoms with van der Waals surface area (Å²) >= 11 is 6.27. The Bertz CT molecular complexity index is 858. The molecule has 1 saturated heterocycles. The van der Waals surface area contributed by atoms with Crippen molar-refractivity contribution in [2.45, 2.75) is 19.4 Å². The summed E-state index contributed by atoms with van der Waals surface area (Å²) in [6.45, 7) is 5.81. The van der Waals surface area contributed by atoms with E-state index in [0.29, 0.717) is 36.3 Å². The average Bonchev–Trinajstić information content (AvgIpc) is 3.09. The van der Waals surface area contributed by atoms with E-state index in [1.54, 1.807) is 13.2 Å². The summed E-state index contributed by atoms with van der Waals surface area (Å²) in [5.74, 6) is 2.68. The lowest BCUT2D eigenvalue weighted by Crippen LogP contribution is -2.49. The van der Waals surface area contributed by atoms with Crippen LogP contribution in [0.4, 0.5) is 0 Å². The van der Waals surface area contributed by atoms with Crippen LogP contribution in [0.5, 0.6) is 5.75 Å². The van der Waals surface area contributed by atoms with Crippen molar-refractivity contribution >= 4 is 29.7 Å². The maximum Gasteiger partial charge on any atom is 0.227 e. The lowest BCUT2D eigenvalue weighted by molar-refractivity contribution is -0.131. The minimum absolute atomic E-state index is 0.0907. The summed E-state index contributed by atoms with van der Waals surface area (Å²) < 4.78 is 5.16. The Labute approximate surface area is 169 Å². The number of piperazine rings is 1. The molecule has 1 amide bonds.